The van der Waals surface area contributed by atoms with Crippen LogP contribution >= 0.6 is 27.5 Å². The van der Waals surface area contributed by atoms with E-state index in [9.17, 15) is 5.11 Å². The van der Waals surface area contributed by atoms with Crippen LogP contribution in [0.1, 0.15) is 18.6 Å². The van der Waals surface area contributed by atoms with Crippen molar-refractivity contribution < 1.29 is 9.84 Å². The molecule has 4 heteroatoms. The first-order chi connectivity index (χ1) is 8.58. The smallest absolute Gasteiger partial charge is 0.146 e. The summed E-state index contributed by atoms with van der Waals surface area (Å²) in [6.45, 7) is 1.69. The lowest BCUT2D eigenvalue weighted by atomic mass is 10.1. The van der Waals surface area contributed by atoms with E-state index >= 15 is 0 Å². The molecule has 2 rings (SSSR count). The maximum Gasteiger partial charge on any atom is 0.146 e. The van der Waals surface area contributed by atoms with Gasteiger partial charge in [0, 0.05) is 0 Å². The van der Waals surface area contributed by atoms with Gasteiger partial charge in [0.05, 0.1) is 15.6 Å². The van der Waals surface area contributed by atoms with Gasteiger partial charge in [0.25, 0.3) is 0 Å². The number of rotatable bonds is 3. The summed E-state index contributed by atoms with van der Waals surface area (Å²) in [5.41, 5.74) is 0.763. The average molecular weight is 328 g/mol. The van der Waals surface area contributed by atoms with Crippen molar-refractivity contribution in [3.05, 3.63) is 57.5 Å². The van der Waals surface area contributed by atoms with Crippen molar-refractivity contribution in [2.45, 2.75) is 13.0 Å². The van der Waals surface area contributed by atoms with Crippen LogP contribution < -0.4 is 4.74 Å². The summed E-state index contributed by atoms with van der Waals surface area (Å²) in [5, 5.41) is 9.94. The van der Waals surface area contributed by atoms with Crippen molar-refractivity contribution in [1.29, 1.82) is 0 Å². The third-order valence-electron chi connectivity index (χ3n) is 2.49. The van der Waals surface area contributed by atoms with Gasteiger partial charge in [0.15, 0.2) is 0 Å². The molecule has 0 fully saturated rings. The molecule has 1 N–H and O–H groups in total. The van der Waals surface area contributed by atoms with Crippen molar-refractivity contribution in [2.24, 2.45) is 0 Å². The Labute approximate surface area is 119 Å². The van der Waals surface area contributed by atoms with Crippen LogP contribution in [-0.4, -0.2) is 5.11 Å². The maximum absolute atomic E-state index is 9.47. The lowest BCUT2D eigenvalue weighted by molar-refractivity contribution is 0.199. The fourth-order valence-corrected chi connectivity index (χ4v) is 2.10. The molecule has 0 spiro atoms. The molecular weight excluding hydrogens is 316 g/mol. The van der Waals surface area contributed by atoms with Crippen LogP contribution in [0, 0.1) is 0 Å². The molecule has 0 aliphatic heterocycles. The number of ether oxygens (including phenoxy) is 1. The SMILES string of the molecule is CC(O)c1ccc(Oc2ccccc2Br)c(Cl)c1. The number of aliphatic hydroxyl groups is 1. The van der Waals surface area contributed by atoms with Crippen LogP contribution in [0.2, 0.25) is 5.02 Å². The van der Waals surface area contributed by atoms with Crippen LogP contribution in [0.4, 0.5) is 0 Å². The van der Waals surface area contributed by atoms with Gasteiger partial charge in [-0.2, -0.15) is 0 Å². The summed E-state index contributed by atoms with van der Waals surface area (Å²) in [6.07, 6.45) is -0.542. The molecule has 2 aromatic rings. The Kier molecular flexibility index (Phi) is 4.27. The highest BCUT2D eigenvalue weighted by Gasteiger charge is 2.08. The normalized spacial score (nSPS) is 12.2. The molecule has 2 aromatic carbocycles. The van der Waals surface area contributed by atoms with Crippen molar-refractivity contribution in [3.8, 4) is 11.5 Å². The monoisotopic (exact) mass is 326 g/mol. The highest BCUT2D eigenvalue weighted by atomic mass is 79.9. The zero-order valence-electron chi connectivity index (χ0n) is 9.73. The fraction of sp³-hybridized carbons (Fsp3) is 0.143. The van der Waals surface area contributed by atoms with E-state index in [4.69, 9.17) is 16.3 Å². The highest BCUT2D eigenvalue weighted by Crippen LogP contribution is 2.34. The van der Waals surface area contributed by atoms with Crippen LogP contribution in [0.15, 0.2) is 46.9 Å². The average Bonchev–Trinajstić information content (AvgIpc) is 2.34. The largest absolute Gasteiger partial charge is 0.455 e. The van der Waals surface area contributed by atoms with E-state index < -0.39 is 6.10 Å². The molecule has 94 valence electrons. The third-order valence-corrected chi connectivity index (χ3v) is 3.45. The first-order valence-electron chi connectivity index (χ1n) is 5.48. The number of benzene rings is 2. The van der Waals surface area contributed by atoms with Gasteiger partial charge < -0.3 is 9.84 Å². The van der Waals surface area contributed by atoms with Crippen LogP contribution in [0.3, 0.4) is 0 Å². The third kappa shape index (κ3) is 3.05. The summed E-state index contributed by atoms with van der Waals surface area (Å²) in [5.74, 6) is 1.26. The Morgan fingerprint density at radius 1 is 1.17 bits per heavy atom. The molecule has 0 heterocycles. The maximum atomic E-state index is 9.47. The molecule has 0 aliphatic carbocycles. The lowest BCUT2D eigenvalue weighted by Gasteiger charge is -2.11. The second kappa shape index (κ2) is 5.74. The standard InChI is InChI=1S/C14H12BrClO2/c1-9(17)10-6-7-14(12(16)8-10)18-13-5-3-2-4-11(13)15/h2-9,17H,1H3. The van der Waals surface area contributed by atoms with Gasteiger partial charge in [-0.25, -0.2) is 0 Å². The number of para-hydroxylation sites is 1. The zero-order chi connectivity index (χ0) is 13.1. The van der Waals surface area contributed by atoms with Gasteiger partial charge >= 0.3 is 0 Å². The van der Waals surface area contributed by atoms with E-state index in [0.29, 0.717) is 16.5 Å². The summed E-state index contributed by atoms with van der Waals surface area (Å²) in [7, 11) is 0. The molecule has 0 saturated heterocycles. The van der Waals surface area contributed by atoms with Crippen LogP contribution in [-0.2, 0) is 0 Å². The summed E-state index contributed by atoms with van der Waals surface area (Å²) in [6, 6.07) is 12.8. The summed E-state index contributed by atoms with van der Waals surface area (Å²) < 4.78 is 6.58. The first-order valence-corrected chi connectivity index (χ1v) is 6.65. The Hall–Kier alpha value is -1.03. The van der Waals surface area contributed by atoms with E-state index in [0.717, 1.165) is 10.0 Å². The van der Waals surface area contributed by atoms with E-state index in [1.54, 1.807) is 25.1 Å². The molecular formula is C14H12BrClO2. The number of hydrogen-bond acceptors (Lipinski definition) is 2. The zero-order valence-corrected chi connectivity index (χ0v) is 12.1. The lowest BCUT2D eigenvalue weighted by Crippen LogP contribution is -1.92. The number of halogens is 2. The van der Waals surface area contributed by atoms with E-state index in [2.05, 4.69) is 15.9 Å². The second-order valence-electron chi connectivity index (χ2n) is 3.90. The fourth-order valence-electron chi connectivity index (χ4n) is 1.51. The van der Waals surface area contributed by atoms with Gasteiger partial charge in [-0.05, 0) is 52.7 Å². The summed E-state index contributed by atoms with van der Waals surface area (Å²) in [4.78, 5) is 0. The Balaban J connectivity index is 2.28. The van der Waals surface area contributed by atoms with E-state index in [-0.39, 0.29) is 0 Å². The molecule has 0 radical (unpaired) electrons. The minimum absolute atomic E-state index is 0.476. The van der Waals surface area contributed by atoms with Crippen molar-refractivity contribution in [1.82, 2.24) is 0 Å². The van der Waals surface area contributed by atoms with Gasteiger partial charge in [0.2, 0.25) is 0 Å². The predicted octanol–water partition coefficient (Wildman–Crippen LogP) is 4.95. The van der Waals surface area contributed by atoms with E-state index in [1.165, 1.54) is 0 Å². The number of hydrogen-bond donors (Lipinski definition) is 1. The van der Waals surface area contributed by atoms with Crippen molar-refractivity contribution in [2.75, 3.05) is 0 Å². The molecule has 0 bridgehead atoms. The molecule has 1 unspecified atom stereocenters. The topological polar surface area (TPSA) is 29.5 Å². The highest BCUT2D eigenvalue weighted by molar-refractivity contribution is 9.10. The molecule has 0 aromatic heterocycles. The molecule has 2 nitrogen and oxygen atoms in total. The second-order valence-corrected chi connectivity index (χ2v) is 5.16. The minimum Gasteiger partial charge on any atom is -0.455 e. The van der Waals surface area contributed by atoms with Gasteiger partial charge in [-0.3, -0.25) is 0 Å². The Morgan fingerprint density at radius 2 is 1.89 bits per heavy atom. The van der Waals surface area contributed by atoms with Crippen LogP contribution in [0.5, 0.6) is 11.5 Å². The minimum atomic E-state index is -0.542. The van der Waals surface area contributed by atoms with Gasteiger partial charge in [0.1, 0.15) is 11.5 Å². The van der Waals surface area contributed by atoms with E-state index in [1.807, 2.05) is 24.3 Å². The van der Waals surface area contributed by atoms with Crippen LogP contribution in [0.25, 0.3) is 0 Å². The molecule has 1 atom stereocenters. The van der Waals surface area contributed by atoms with Gasteiger partial charge in [-0.15, -0.1) is 0 Å². The summed E-state index contributed by atoms with van der Waals surface area (Å²) >= 11 is 9.53. The first kappa shape index (κ1) is 13.4. The predicted molar refractivity (Wildman–Crippen MR) is 76.3 cm³/mol. The van der Waals surface area contributed by atoms with Crippen molar-refractivity contribution in [3.63, 3.8) is 0 Å². The van der Waals surface area contributed by atoms with Crippen molar-refractivity contribution >= 4 is 27.5 Å². The Bertz CT molecular complexity index is 555. The van der Waals surface area contributed by atoms with Gasteiger partial charge in [-0.1, -0.05) is 29.8 Å². The number of aliphatic hydroxyl groups excluding tert-OH is 1. The quantitative estimate of drug-likeness (QED) is 0.864. The molecule has 0 amide bonds. The molecule has 0 aliphatic rings. The Morgan fingerprint density at radius 3 is 2.50 bits per heavy atom. The molecule has 0 saturated carbocycles. The molecule has 18 heavy (non-hydrogen) atoms.